The first-order valence-corrected chi connectivity index (χ1v) is 9.88. The summed E-state index contributed by atoms with van der Waals surface area (Å²) in [6, 6.07) is 13.7. The van der Waals surface area contributed by atoms with Crippen LogP contribution in [0.15, 0.2) is 54.6 Å². The second kappa shape index (κ2) is 10.3. The number of esters is 1. The van der Waals surface area contributed by atoms with Crippen molar-refractivity contribution in [3.05, 3.63) is 71.8 Å². The van der Waals surface area contributed by atoms with E-state index in [0.29, 0.717) is 0 Å². The fourth-order valence-electron chi connectivity index (χ4n) is 2.80. The normalized spacial score (nSPS) is 11.6. The predicted octanol–water partition coefficient (Wildman–Crippen LogP) is 2.83. The summed E-state index contributed by atoms with van der Waals surface area (Å²) < 4.78 is 19.2. The van der Waals surface area contributed by atoms with Crippen molar-refractivity contribution in [3.8, 4) is 0 Å². The van der Waals surface area contributed by atoms with Gasteiger partial charge in [-0.2, -0.15) is 15.0 Å². The van der Waals surface area contributed by atoms with E-state index in [1.807, 2.05) is 30.3 Å². The Morgan fingerprint density at radius 1 is 1.03 bits per heavy atom. The first kappa shape index (κ1) is 22.6. The zero-order valence-electron chi connectivity index (χ0n) is 17.6. The maximum atomic E-state index is 13.9. The van der Waals surface area contributed by atoms with E-state index < -0.39 is 23.7 Å². The molecule has 3 rings (SSSR count). The fourth-order valence-corrected chi connectivity index (χ4v) is 2.80. The Morgan fingerprint density at radius 2 is 1.72 bits per heavy atom. The summed E-state index contributed by atoms with van der Waals surface area (Å²) in [6.45, 7) is 3.18. The van der Waals surface area contributed by atoms with E-state index in [1.54, 1.807) is 13.8 Å². The van der Waals surface area contributed by atoms with Gasteiger partial charge in [-0.25, -0.2) is 9.18 Å². The summed E-state index contributed by atoms with van der Waals surface area (Å²) in [6.07, 6.45) is 0. The third-order valence-electron chi connectivity index (χ3n) is 4.40. The topological polar surface area (TPSA) is 132 Å². The number of carbonyl (C=O) groups is 2. The number of nitrogen functional groups attached to an aromatic ring is 1. The summed E-state index contributed by atoms with van der Waals surface area (Å²) in [7, 11) is 0. The number of carbonyl (C=O) groups excluding carboxylic acids is 2. The van der Waals surface area contributed by atoms with E-state index in [9.17, 15) is 14.0 Å². The van der Waals surface area contributed by atoms with Crippen LogP contribution in [0.4, 0.5) is 22.0 Å². The molecular formula is C22H23FN6O3. The van der Waals surface area contributed by atoms with Crippen LogP contribution in [0.25, 0.3) is 0 Å². The molecule has 0 aliphatic rings. The fraction of sp³-hybridized carbons (Fsp3) is 0.227. The molecule has 9 nitrogen and oxygen atoms in total. The summed E-state index contributed by atoms with van der Waals surface area (Å²) >= 11 is 0. The molecule has 1 amide bonds. The summed E-state index contributed by atoms with van der Waals surface area (Å²) in [5, 5.41) is 5.51. The zero-order chi connectivity index (χ0) is 23.1. The molecule has 32 heavy (non-hydrogen) atoms. The Hall–Kier alpha value is -4.08. The third-order valence-corrected chi connectivity index (χ3v) is 4.40. The van der Waals surface area contributed by atoms with Gasteiger partial charge in [0.25, 0.3) is 5.91 Å². The second-order valence-electron chi connectivity index (χ2n) is 7.21. The first-order valence-electron chi connectivity index (χ1n) is 9.88. The molecule has 0 spiro atoms. The van der Waals surface area contributed by atoms with Crippen molar-refractivity contribution in [2.45, 2.75) is 26.5 Å². The van der Waals surface area contributed by atoms with Crippen LogP contribution in [0.5, 0.6) is 0 Å². The molecule has 0 radical (unpaired) electrons. The highest BCUT2D eigenvalue weighted by Crippen LogP contribution is 2.14. The van der Waals surface area contributed by atoms with Gasteiger partial charge in [0, 0.05) is 5.69 Å². The van der Waals surface area contributed by atoms with Crippen LogP contribution in [-0.2, 0) is 16.1 Å². The number of rotatable bonds is 8. The van der Waals surface area contributed by atoms with E-state index >= 15 is 0 Å². The molecule has 0 aliphatic heterocycles. The molecule has 166 valence electrons. The van der Waals surface area contributed by atoms with Crippen LogP contribution in [0.3, 0.4) is 0 Å². The second-order valence-corrected chi connectivity index (χ2v) is 7.21. The van der Waals surface area contributed by atoms with Gasteiger partial charge in [0.05, 0.1) is 5.56 Å². The molecule has 0 saturated heterocycles. The molecule has 0 bridgehead atoms. The van der Waals surface area contributed by atoms with Crippen molar-refractivity contribution >= 4 is 29.5 Å². The average molecular weight is 438 g/mol. The highest BCUT2D eigenvalue weighted by Gasteiger charge is 2.27. The number of amides is 1. The highest BCUT2D eigenvalue weighted by atomic mass is 19.1. The number of nitrogens with zero attached hydrogens (tertiary/aromatic N) is 3. The van der Waals surface area contributed by atoms with Crippen LogP contribution in [0, 0.1) is 11.7 Å². The maximum absolute atomic E-state index is 13.9. The average Bonchev–Trinajstić information content (AvgIpc) is 2.76. The van der Waals surface area contributed by atoms with Gasteiger partial charge in [0.2, 0.25) is 11.9 Å². The van der Waals surface area contributed by atoms with Crippen molar-refractivity contribution in [1.29, 1.82) is 0 Å². The smallest absolute Gasteiger partial charge is 0.329 e. The molecule has 1 aromatic heterocycles. The van der Waals surface area contributed by atoms with Crippen LogP contribution in [0.1, 0.15) is 30.0 Å². The summed E-state index contributed by atoms with van der Waals surface area (Å²) in [5.74, 6) is -2.12. The lowest BCUT2D eigenvalue weighted by molar-refractivity contribution is -0.148. The number of aromatic nitrogens is 3. The van der Waals surface area contributed by atoms with Crippen molar-refractivity contribution in [1.82, 2.24) is 20.3 Å². The van der Waals surface area contributed by atoms with Crippen LogP contribution in [-0.4, -0.2) is 32.9 Å². The molecule has 0 unspecified atom stereocenters. The lowest BCUT2D eigenvalue weighted by Crippen LogP contribution is -2.45. The molecule has 4 N–H and O–H groups in total. The van der Waals surface area contributed by atoms with Crippen LogP contribution in [0.2, 0.25) is 0 Å². The molecular weight excluding hydrogens is 415 g/mol. The van der Waals surface area contributed by atoms with Gasteiger partial charge in [-0.15, -0.1) is 0 Å². The number of anilines is 3. The Bertz CT molecular complexity index is 1090. The van der Waals surface area contributed by atoms with Gasteiger partial charge >= 0.3 is 5.97 Å². The number of ether oxygens (including phenoxy) is 1. The van der Waals surface area contributed by atoms with E-state index in [1.165, 1.54) is 24.3 Å². The minimum atomic E-state index is -0.997. The van der Waals surface area contributed by atoms with Crippen molar-refractivity contribution in [3.63, 3.8) is 0 Å². The van der Waals surface area contributed by atoms with E-state index in [4.69, 9.17) is 10.5 Å². The van der Waals surface area contributed by atoms with Gasteiger partial charge in [0.15, 0.2) is 12.4 Å². The number of nitrogens with one attached hydrogen (secondary N) is 2. The molecule has 0 saturated carbocycles. The number of hydrogen-bond acceptors (Lipinski definition) is 8. The quantitative estimate of drug-likeness (QED) is 0.458. The zero-order valence-corrected chi connectivity index (χ0v) is 17.6. The minimum absolute atomic E-state index is 0.0438. The van der Waals surface area contributed by atoms with Gasteiger partial charge in [-0.05, 0) is 30.2 Å². The monoisotopic (exact) mass is 438 g/mol. The summed E-state index contributed by atoms with van der Waals surface area (Å²) in [4.78, 5) is 37.2. The number of halogens is 1. The molecule has 1 atom stereocenters. The number of nitrogens with two attached hydrogens (primary N) is 1. The van der Waals surface area contributed by atoms with E-state index in [-0.39, 0.29) is 35.8 Å². The standard InChI is InChI=1S/C22H23FN6O3/c1-13(2)18(28-19(30)15-10-6-7-11-16(15)23)20(31)32-12-17-26-21(24)29-22(27-17)25-14-8-4-3-5-9-14/h3-11,13,18H,12H2,1-2H3,(H,28,30)(H3,24,25,26,27,29)/t18-/m0/s1. The molecule has 0 fully saturated rings. The Labute approximate surface area is 184 Å². The maximum Gasteiger partial charge on any atom is 0.329 e. The molecule has 2 aromatic carbocycles. The van der Waals surface area contributed by atoms with Gasteiger partial charge in [-0.1, -0.05) is 44.2 Å². The van der Waals surface area contributed by atoms with Gasteiger partial charge < -0.3 is 21.1 Å². The molecule has 0 aliphatic carbocycles. The minimum Gasteiger partial charge on any atom is -0.456 e. The van der Waals surface area contributed by atoms with E-state index in [0.717, 1.165) is 5.69 Å². The molecule has 3 aromatic rings. The number of para-hydroxylation sites is 1. The first-order chi connectivity index (χ1) is 15.3. The van der Waals surface area contributed by atoms with Gasteiger partial charge in [-0.3, -0.25) is 4.79 Å². The highest BCUT2D eigenvalue weighted by molar-refractivity contribution is 5.97. The van der Waals surface area contributed by atoms with Crippen molar-refractivity contribution in [2.75, 3.05) is 11.1 Å². The number of benzene rings is 2. The predicted molar refractivity (Wildman–Crippen MR) is 116 cm³/mol. The van der Waals surface area contributed by atoms with Crippen molar-refractivity contribution < 1.29 is 18.7 Å². The van der Waals surface area contributed by atoms with Crippen LogP contribution < -0.4 is 16.4 Å². The Morgan fingerprint density at radius 3 is 2.41 bits per heavy atom. The lowest BCUT2D eigenvalue weighted by atomic mass is 10.0. The third kappa shape index (κ3) is 5.97. The van der Waals surface area contributed by atoms with Crippen molar-refractivity contribution in [2.24, 2.45) is 5.92 Å². The van der Waals surface area contributed by atoms with Crippen LogP contribution >= 0.6 is 0 Å². The largest absolute Gasteiger partial charge is 0.456 e. The molecule has 1 heterocycles. The molecule has 10 heteroatoms. The Kier molecular flexibility index (Phi) is 7.27. The lowest BCUT2D eigenvalue weighted by Gasteiger charge is -2.21. The Balaban J connectivity index is 1.66. The SMILES string of the molecule is CC(C)[C@H](NC(=O)c1ccccc1F)C(=O)OCc1nc(N)nc(Nc2ccccc2)n1. The van der Waals surface area contributed by atoms with Gasteiger partial charge in [0.1, 0.15) is 11.9 Å². The summed E-state index contributed by atoms with van der Waals surface area (Å²) in [5.41, 5.74) is 6.32. The number of hydrogen-bond donors (Lipinski definition) is 3. The van der Waals surface area contributed by atoms with E-state index in [2.05, 4.69) is 25.6 Å².